The Morgan fingerprint density at radius 2 is 1.22 bits per heavy atom. The molecule has 11 nitrogen and oxygen atoms in total. The van der Waals surface area contributed by atoms with Crippen LogP contribution in [0.2, 0.25) is 0 Å². The van der Waals surface area contributed by atoms with Crippen LogP contribution in [0.15, 0.2) is 12.1 Å². The van der Waals surface area contributed by atoms with E-state index in [0.717, 1.165) is 11.1 Å². The van der Waals surface area contributed by atoms with Crippen molar-refractivity contribution in [3.05, 3.63) is 34.4 Å². The van der Waals surface area contributed by atoms with Crippen LogP contribution in [0.4, 0.5) is 0 Å². The third-order valence-electron chi connectivity index (χ3n) is 7.24. The van der Waals surface area contributed by atoms with Crippen LogP contribution in [0, 0.1) is 11.8 Å². The molecule has 2 aliphatic rings. The molecule has 0 heterocycles. The number of aryl methyl sites for hydroxylation is 1. The minimum absolute atomic E-state index is 0. The number of carboxylic acid groups (broad SMARTS) is 1. The minimum Gasteiger partial charge on any atom is -0.493 e. The summed E-state index contributed by atoms with van der Waals surface area (Å²) in [5.74, 6) is 0.842. The van der Waals surface area contributed by atoms with Crippen molar-refractivity contribution in [1.82, 2.24) is 0 Å². The molecule has 11 heteroatoms. The fraction of sp³-hybridized carbons (Fsp3) is 0.500. The maximum absolute atomic E-state index is 12.3. The van der Waals surface area contributed by atoms with E-state index < -0.39 is 17.9 Å². The lowest BCUT2D eigenvalue weighted by atomic mass is 9.82. The topological polar surface area (TPSA) is 136 Å². The zero-order valence-electron chi connectivity index (χ0n) is 23.9. The van der Waals surface area contributed by atoms with Crippen molar-refractivity contribution in [1.29, 1.82) is 0 Å². The van der Waals surface area contributed by atoms with E-state index in [2.05, 4.69) is 0 Å². The second-order valence-electron chi connectivity index (χ2n) is 9.28. The summed E-state index contributed by atoms with van der Waals surface area (Å²) in [6.45, 7) is 0. The Labute approximate surface area is 240 Å². The zero-order valence-corrected chi connectivity index (χ0v) is 23.9. The van der Waals surface area contributed by atoms with Crippen LogP contribution in [-0.2, 0) is 33.6 Å². The van der Waals surface area contributed by atoms with E-state index in [1.807, 2.05) is 6.07 Å². The number of carbonyl (C=O) groups excluding carboxylic acids is 2. The molecule has 0 radical (unpaired) electrons. The van der Waals surface area contributed by atoms with Crippen molar-refractivity contribution in [3.63, 3.8) is 0 Å². The molecule has 0 amide bonds. The fourth-order valence-electron chi connectivity index (χ4n) is 5.26. The monoisotopic (exact) mass is 576 g/mol. The molecule has 0 fully saturated rings. The number of carboxylic acids is 1. The highest BCUT2D eigenvalue weighted by molar-refractivity contribution is 6.02. The van der Waals surface area contributed by atoms with Crippen molar-refractivity contribution in [2.45, 2.75) is 39.5 Å². The Morgan fingerprint density at radius 1 is 0.707 bits per heavy atom. The maximum Gasteiger partial charge on any atom is 0.309 e. The van der Waals surface area contributed by atoms with Crippen LogP contribution >= 0.6 is 0 Å². The molecule has 0 bridgehead atoms. The predicted molar refractivity (Wildman–Crippen MR) is 150 cm³/mol. The third-order valence-corrected chi connectivity index (χ3v) is 7.24. The molecule has 2 aliphatic carbocycles. The second kappa shape index (κ2) is 14.5. The zero-order chi connectivity index (χ0) is 29.6. The lowest BCUT2D eigenvalue weighted by Gasteiger charge is -2.25. The van der Waals surface area contributed by atoms with Gasteiger partial charge in [0.15, 0.2) is 28.8 Å². The first-order valence-electron chi connectivity index (χ1n) is 12.7. The summed E-state index contributed by atoms with van der Waals surface area (Å²) in [5, 5.41) is 9.16. The van der Waals surface area contributed by atoms with Crippen LogP contribution in [0.25, 0.3) is 0 Å². The normalized spacial score (nSPS) is 16.8. The van der Waals surface area contributed by atoms with Gasteiger partial charge in [0.2, 0.25) is 11.5 Å². The van der Waals surface area contributed by atoms with Gasteiger partial charge in [-0.15, -0.1) is 0 Å². The maximum atomic E-state index is 12.3. The standard InChI is InChI=1S/C15H18O6.C14H18O5.CH4/c1-18-12-7-9-10(13(19-2)14(12)20-3)5-8(6-11(9)16)15(17)21-4;1-17-11-7-8-4-5-9(14(15)16)6-10(8)12(18-2)13(11)19-3;/h7-8H,5-6H2,1-4H3;7,9H,4-6H2,1-3H3,(H,15,16);1H4/t8-;9-;/m10./s1. The van der Waals surface area contributed by atoms with Crippen molar-refractivity contribution in [2.75, 3.05) is 49.8 Å². The summed E-state index contributed by atoms with van der Waals surface area (Å²) in [6.07, 6.45) is 2.31. The third kappa shape index (κ3) is 6.61. The minimum atomic E-state index is -0.762. The summed E-state index contributed by atoms with van der Waals surface area (Å²) < 4.78 is 36.7. The summed E-state index contributed by atoms with van der Waals surface area (Å²) in [7, 11) is 10.5. The van der Waals surface area contributed by atoms with Gasteiger partial charge in [-0.2, -0.15) is 0 Å². The largest absolute Gasteiger partial charge is 0.493 e. The van der Waals surface area contributed by atoms with E-state index in [1.54, 1.807) is 27.4 Å². The number of Topliss-reactive ketones (excluding diaryl/α,β-unsaturated/α-hetero) is 1. The highest BCUT2D eigenvalue weighted by Crippen LogP contribution is 2.46. The quantitative estimate of drug-likeness (QED) is 0.454. The van der Waals surface area contributed by atoms with Gasteiger partial charge in [-0.1, -0.05) is 7.43 Å². The average molecular weight is 577 g/mol. The van der Waals surface area contributed by atoms with Crippen molar-refractivity contribution in [2.24, 2.45) is 11.8 Å². The SMILES string of the molecule is C.COC(=O)[C@H]1CC(=O)c2cc(OC)c(OC)c(OC)c2C1.COc1cc2c(c(OC)c1OC)C[C@@H](C(=O)O)CC2. The molecule has 0 unspecified atom stereocenters. The van der Waals surface area contributed by atoms with E-state index in [-0.39, 0.29) is 25.5 Å². The molecular formula is C30H40O11. The number of ether oxygens (including phenoxy) is 7. The van der Waals surface area contributed by atoms with E-state index >= 15 is 0 Å². The number of methoxy groups -OCH3 is 7. The molecule has 41 heavy (non-hydrogen) atoms. The summed E-state index contributed by atoms with van der Waals surface area (Å²) in [5.41, 5.74) is 3.15. The van der Waals surface area contributed by atoms with Gasteiger partial charge in [0.05, 0.1) is 61.6 Å². The van der Waals surface area contributed by atoms with Gasteiger partial charge in [0.1, 0.15) is 0 Å². The van der Waals surface area contributed by atoms with Crippen LogP contribution in [0.3, 0.4) is 0 Å². The van der Waals surface area contributed by atoms with Gasteiger partial charge in [0.25, 0.3) is 0 Å². The first-order chi connectivity index (χ1) is 19.2. The van der Waals surface area contributed by atoms with Crippen molar-refractivity contribution >= 4 is 17.7 Å². The number of hydrogen-bond acceptors (Lipinski definition) is 10. The van der Waals surface area contributed by atoms with E-state index in [1.165, 1.54) is 28.4 Å². The molecule has 0 aromatic heterocycles. The molecule has 2 atom stereocenters. The van der Waals surface area contributed by atoms with Gasteiger partial charge in [-0.25, -0.2) is 0 Å². The number of ketones is 1. The van der Waals surface area contributed by atoms with Crippen LogP contribution in [0.5, 0.6) is 34.5 Å². The molecule has 0 aliphatic heterocycles. The summed E-state index contributed by atoms with van der Waals surface area (Å²) in [6, 6.07) is 3.54. The predicted octanol–water partition coefficient (Wildman–Crippen LogP) is 4.17. The number of hydrogen-bond donors (Lipinski definition) is 1. The van der Waals surface area contributed by atoms with Crippen LogP contribution in [0.1, 0.15) is 47.3 Å². The lowest BCUT2D eigenvalue weighted by Crippen LogP contribution is -2.28. The summed E-state index contributed by atoms with van der Waals surface area (Å²) >= 11 is 0. The van der Waals surface area contributed by atoms with Gasteiger partial charge < -0.3 is 38.3 Å². The Morgan fingerprint density at radius 3 is 1.71 bits per heavy atom. The molecule has 2 aromatic rings. The molecule has 226 valence electrons. The smallest absolute Gasteiger partial charge is 0.309 e. The number of aliphatic carboxylic acids is 1. The fourth-order valence-corrected chi connectivity index (χ4v) is 5.26. The average Bonchev–Trinajstić information content (AvgIpc) is 2.98. The molecular weight excluding hydrogens is 536 g/mol. The lowest BCUT2D eigenvalue weighted by molar-refractivity contribution is -0.145. The van der Waals surface area contributed by atoms with Gasteiger partial charge in [-0.3, -0.25) is 14.4 Å². The van der Waals surface area contributed by atoms with Gasteiger partial charge in [0, 0.05) is 23.1 Å². The second-order valence-corrected chi connectivity index (χ2v) is 9.28. The number of benzene rings is 2. The van der Waals surface area contributed by atoms with E-state index in [9.17, 15) is 14.4 Å². The van der Waals surface area contributed by atoms with Gasteiger partial charge >= 0.3 is 11.9 Å². The molecule has 1 N–H and O–H groups in total. The number of fused-ring (bicyclic) bond motifs is 2. The first kappa shape index (κ1) is 33.1. The number of esters is 1. The Hall–Kier alpha value is -4.15. The van der Waals surface area contributed by atoms with Crippen LogP contribution in [-0.4, -0.2) is 72.6 Å². The van der Waals surface area contributed by atoms with Crippen molar-refractivity contribution < 1.29 is 52.6 Å². The van der Waals surface area contributed by atoms with Crippen LogP contribution < -0.4 is 28.4 Å². The Bertz CT molecular complexity index is 1270. The van der Waals surface area contributed by atoms with E-state index in [0.29, 0.717) is 71.3 Å². The Kier molecular flexibility index (Phi) is 11.7. The molecule has 4 rings (SSSR count). The summed E-state index contributed by atoms with van der Waals surface area (Å²) in [4.78, 5) is 35.2. The molecule has 0 spiro atoms. The number of rotatable bonds is 8. The first-order valence-corrected chi connectivity index (χ1v) is 12.7. The Balaban J connectivity index is 0.000000281. The highest BCUT2D eigenvalue weighted by Gasteiger charge is 2.35. The van der Waals surface area contributed by atoms with Gasteiger partial charge in [-0.05, 0) is 43.4 Å². The molecule has 0 saturated carbocycles. The molecule has 0 saturated heterocycles. The molecule has 2 aromatic carbocycles. The van der Waals surface area contributed by atoms with E-state index in [4.69, 9.17) is 38.3 Å². The van der Waals surface area contributed by atoms with Crippen molar-refractivity contribution in [3.8, 4) is 34.5 Å². The number of carbonyl (C=O) groups is 3. The highest BCUT2D eigenvalue weighted by atomic mass is 16.5.